The van der Waals surface area contributed by atoms with E-state index in [2.05, 4.69) is 34.6 Å². The third-order valence-corrected chi connectivity index (χ3v) is 18.5. The number of carbonyl (C=O) groups excluding carboxylic acids is 4. The van der Waals surface area contributed by atoms with Crippen molar-refractivity contribution in [1.82, 2.24) is 0 Å². The fourth-order valence-electron chi connectivity index (χ4n) is 10.6. The van der Waals surface area contributed by atoms with Gasteiger partial charge in [0.2, 0.25) is 0 Å². The minimum Gasteiger partial charge on any atom is -0.462 e. The molecule has 19 heteroatoms. The van der Waals surface area contributed by atoms with E-state index in [4.69, 9.17) is 37.0 Å². The van der Waals surface area contributed by atoms with Crippen LogP contribution in [-0.4, -0.2) is 96.7 Å². The number of phosphoric acid groups is 2. The number of aliphatic hydroxyl groups is 1. The largest absolute Gasteiger partial charge is 0.472 e. The molecule has 0 aromatic rings. The first-order chi connectivity index (χ1) is 43.1. The van der Waals surface area contributed by atoms with Crippen LogP contribution in [-0.2, 0) is 65.4 Å². The van der Waals surface area contributed by atoms with Gasteiger partial charge < -0.3 is 33.8 Å². The Hall–Kier alpha value is -1.94. The number of unbranched alkanes of at least 4 members (excludes halogenated alkanes) is 41. The first-order valence-corrected chi connectivity index (χ1v) is 39.7. The summed E-state index contributed by atoms with van der Waals surface area (Å²) in [4.78, 5) is 72.5. The van der Waals surface area contributed by atoms with Crippen LogP contribution in [0, 0.1) is 5.92 Å². The molecule has 0 fully saturated rings. The predicted molar refractivity (Wildman–Crippen MR) is 358 cm³/mol. The molecule has 89 heavy (non-hydrogen) atoms. The van der Waals surface area contributed by atoms with Crippen molar-refractivity contribution in [2.75, 3.05) is 39.6 Å². The fraction of sp³-hybridized carbons (Fsp3) is 0.943. The summed E-state index contributed by atoms with van der Waals surface area (Å²) in [5.41, 5.74) is 0. The molecule has 3 N–H and O–H groups in total. The van der Waals surface area contributed by atoms with E-state index in [1.165, 1.54) is 180 Å². The summed E-state index contributed by atoms with van der Waals surface area (Å²) in [5, 5.41) is 10.6. The number of phosphoric ester groups is 2. The highest BCUT2D eigenvalue weighted by molar-refractivity contribution is 7.47. The lowest BCUT2D eigenvalue weighted by molar-refractivity contribution is -0.161. The lowest BCUT2D eigenvalue weighted by Gasteiger charge is -2.21. The highest BCUT2D eigenvalue weighted by Crippen LogP contribution is 2.45. The highest BCUT2D eigenvalue weighted by atomic mass is 31.2. The van der Waals surface area contributed by atoms with Crippen LogP contribution in [0.1, 0.15) is 362 Å². The molecular weight excluding hydrogens is 1170 g/mol. The molecule has 3 unspecified atom stereocenters. The van der Waals surface area contributed by atoms with Gasteiger partial charge in [0.25, 0.3) is 0 Å². The first-order valence-electron chi connectivity index (χ1n) is 36.7. The molecule has 0 aromatic carbocycles. The van der Waals surface area contributed by atoms with E-state index in [9.17, 15) is 43.2 Å². The summed E-state index contributed by atoms with van der Waals surface area (Å²) >= 11 is 0. The maximum absolute atomic E-state index is 13.0. The number of esters is 4. The Morgan fingerprint density at radius 3 is 0.798 bits per heavy atom. The monoisotopic (exact) mass is 1310 g/mol. The van der Waals surface area contributed by atoms with Crippen molar-refractivity contribution in [2.45, 2.75) is 380 Å². The maximum Gasteiger partial charge on any atom is 0.472 e. The smallest absolute Gasteiger partial charge is 0.462 e. The van der Waals surface area contributed by atoms with Gasteiger partial charge in [0.05, 0.1) is 26.4 Å². The highest BCUT2D eigenvalue weighted by Gasteiger charge is 2.30. The zero-order valence-corrected chi connectivity index (χ0v) is 59.4. The van der Waals surface area contributed by atoms with Gasteiger partial charge in [0.1, 0.15) is 19.3 Å². The van der Waals surface area contributed by atoms with Crippen molar-refractivity contribution in [3.8, 4) is 0 Å². The Morgan fingerprint density at radius 1 is 0.315 bits per heavy atom. The SMILES string of the molecule is CCCCCCCCCCCCCCCCC(=O)OC[C@H](COP(=O)(O)OC[C@@H](O)COP(=O)(O)OC[C@@H](COC(=O)CCCCCCCCCC)OC(=O)CCCCCCCCCCCCCCC)OC(=O)CCCCCCCCCCCCC(C)CC. The molecule has 0 saturated heterocycles. The van der Waals surface area contributed by atoms with Crippen molar-refractivity contribution in [3.05, 3.63) is 0 Å². The zero-order valence-electron chi connectivity index (χ0n) is 57.6. The summed E-state index contributed by atoms with van der Waals surface area (Å²) in [5.74, 6) is -1.32. The molecule has 0 rings (SSSR count). The third-order valence-electron chi connectivity index (χ3n) is 16.6. The van der Waals surface area contributed by atoms with E-state index in [1.54, 1.807) is 0 Å². The van der Waals surface area contributed by atoms with E-state index in [0.717, 1.165) is 102 Å². The van der Waals surface area contributed by atoms with Gasteiger partial charge in [-0.3, -0.25) is 37.3 Å². The Kier molecular flexibility index (Phi) is 62.1. The number of hydrogen-bond acceptors (Lipinski definition) is 15. The quantitative estimate of drug-likeness (QED) is 0.0222. The van der Waals surface area contributed by atoms with Crippen LogP contribution in [0.4, 0.5) is 0 Å². The normalized spacial score (nSPS) is 14.4. The first kappa shape index (κ1) is 87.1. The average molecular weight is 1310 g/mol. The average Bonchev–Trinajstić information content (AvgIpc) is 3.73. The Morgan fingerprint density at radius 2 is 0.539 bits per heavy atom. The molecule has 17 nitrogen and oxygen atoms in total. The van der Waals surface area contributed by atoms with Crippen molar-refractivity contribution in [1.29, 1.82) is 0 Å². The number of aliphatic hydroxyl groups excluding tert-OH is 1. The van der Waals surface area contributed by atoms with E-state index < -0.39 is 97.5 Å². The molecule has 0 aliphatic carbocycles. The van der Waals surface area contributed by atoms with Gasteiger partial charge >= 0.3 is 39.5 Å². The summed E-state index contributed by atoms with van der Waals surface area (Å²) in [7, 11) is -9.90. The lowest BCUT2D eigenvalue weighted by atomic mass is 9.99. The van der Waals surface area contributed by atoms with Gasteiger partial charge in [0, 0.05) is 25.7 Å². The Bertz CT molecular complexity index is 1720. The van der Waals surface area contributed by atoms with Crippen LogP contribution in [0.15, 0.2) is 0 Å². The van der Waals surface area contributed by atoms with Gasteiger partial charge in [-0.25, -0.2) is 9.13 Å². The van der Waals surface area contributed by atoms with Crippen molar-refractivity contribution < 1.29 is 80.2 Å². The summed E-state index contributed by atoms with van der Waals surface area (Å²) in [6, 6.07) is 0. The molecule has 0 aromatic heterocycles. The van der Waals surface area contributed by atoms with Crippen LogP contribution in [0.2, 0.25) is 0 Å². The van der Waals surface area contributed by atoms with Crippen LogP contribution >= 0.6 is 15.6 Å². The van der Waals surface area contributed by atoms with Crippen LogP contribution in [0.3, 0.4) is 0 Å². The van der Waals surface area contributed by atoms with Gasteiger partial charge in [-0.1, -0.05) is 311 Å². The van der Waals surface area contributed by atoms with Crippen molar-refractivity contribution >= 4 is 39.5 Å². The van der Waals surface area contributed by atoms with E-state index in [0.29, 0.717) is 25.7 Å². The Balaban J connectivity index is 5.23. The minimum atomic E-state index is -4.95. The molecule has 0 aliphatic heterocycles. The molecule has 0 amide bonds. The molecule has 0 spiro atoms. The fourth-order valence-corrected chi connectivity index (χ4v) is 12.2. The summed E-state index contributed by atoms with van der Waals surface area (Å²) in [6.45, 7) is 7.25. The molecule has 0 bridgehead atoms. The van der Waals surface area contributed by atoms with E-state index in [-0.39, 0.29) is 25.7 Å². The standard InChI is InChI=1S/C70H136O17P2/c1-6-10-13-16-19-22-24-26-28-29-34-39-44-49-54-68(73)81-60-66(87-70(75)56-51-46-41-36-32-31-33-37-42-47-52-63(5)9-4)62-85-89(78,79)83-58-64(71)57-82-88(76,77)84-61-65(59-80-67(72)53-48-43-38-21-18-15-12-8-3)86-69(74)55-50-45-40-35-30-27-25-23-20-17-14-11-7-2/h63-66,71H,6-62H2,1-5H3,(H,76,77)(H,78,79)/t63?,64-,65+,66+/m0/s1. The molecule has 0 heterocycles. The molecule has 6 atom stereocenters. The van der Waals surface area contributed by atoms with Gasteiger partial charge in [0.15, 0.2) is 12.2 Å². The second-order valence-corrected chi connectivity index (χ2v) is 28.4. The topological polar surface area (TPSA) is 237 Å². The number of carbonyl (C=O) groups is 4. The van der Waals surface area contributed by atoms with E-state index in [1.807, 2.05) is 0 Å². The predicted octanol–water partition coefficient (Wildman–Crippen LogP) is 20.1. The van der Waals surface area contributed by atoms with Crippen LogP contribution in [0.5, 0.6) is 0 Å². The minimum absolute atomic E-state index is 0.107. The molecule has 528 valence electrons. The van der Waals surface area contributed by atoms with Crippen LogP contribution in [0.25, 0.3) is 0 Å². The molecular formula is C70H136O17P2. The Labute approximate surface area is 543 Å². The van der Waals surface area contributed by atoms with E-state index >= 15 is 0 Å². The lowest BCUT2D eigenvalue weighted by Crippen LogP contribution is -2.30. The molecule has 0 saturated carbocycles. The summed E-state index contributed by atoms with van der Waals surface area (Å²) < 4.78 is 68.2. The molecule has 0 aliphatic rings. The van der Waals surface area contributed by atoms with Crippen molar-refractivity contribution in [2.24, 2.45) is 5.92 Å². The number of hydrogen-bond donors (Lipinski definition) is 3. The van der Waals surface area contributed by atoms with Crippen LogP contribution < -0.4 is 0 Å². The zero-order chi connectivity index (χ0) is 65.6. The maximum atomic E-state index is 13.0. The number of rotatable bonds is 70. The second kappa shape index (κ2) is 63.5. The second-order valence-electron chi connectivity index (χ2n) is 25.5. The van der Waals surface area contributed by atoms with Crippen molar-refractivity contribution in [3.63, 3.8) is 0 Å². The van der Waals surface area contributed by atoms with Gasteiger partial charge in [-0.05, 0) is 31.6 Å². The van der Waals surface area contributed by atoms with Gasteiger partial charge in [-0.15, -0.1) is 0 Å². The number of ether oxygens (including phenoxy) is 4. The van der Waals surface area contributed by atoms with Gasteiger partial charge in [-0.2, -0.15) is 0 Å². The summed E-state index contributed by atoms with van der Waals surface area (Å²) in [6.07, 6.45) is 49.8. The third kappa shape index (κ3) is 63.2. The molecule has 0 radical (unpaired) electrons.